The van der Waals surface area contributed by atoms with Crippen molar-refractivity contribution >= 4 is 22.5 Å². The van der Waals surface area contributed by atoms with Crippen molar-refractivity contribution in [1.82, 2.24) is 28.6 Å². The fourth-order valence-corrected chi connectivity index (χ4v) is 5.25. The molecule has 0 radical (unpaired) electrons. The number of nitrogens with zero attached hydrogens (tertiary/aromatic N) is 6. The van der Waals surface area contributed by atoms with E-state index in [9.17, 15) is 14.4 Å². The van der Waals surface area contributed by atoms with Gasteiger partial charge in [-0.05, 0) is 24.5 Å². The second kappa shape index (κ2) is 7.15. The molecule has 9 heteroatoms. The zero-order chi connectivity index (χ0) is 21.8. The highest BCUT2D eigenvalue weighted by Gasteiger charge is 2.36. The SMILES string of the molecule is O=C(CCn1ccc2c(cnc3ccnn32)c1=O)N1C[C@@H]2C[C@H](C1)c1cccc(=O)n1C2. The molecule has 0 aliphatic carbocycles. The van der Waals surface area contributed by atoms with Crippen LogP contribution >= 0.6 is 0 Å². The normalized spacial score (nSPS) is 19.9. The van der Waals surface area contributed by atoms with Crippen LogP contribution in [-0.2, 0) is 17.9 Å². The van der Waals surface area contributed by atoms with Crippen molar-refractivity contribution in [1.29, 1.82) is 0 Å². The maximum atomic E-state index is 13.0. The third kappa shape index (κ3) is 2.96. The molecular formula is C23H22N6O3. The first-order chi connectivity index (χ1) is 15.6. The van der Waals surface area contributed by atoms with Gasteiger partial charge in [0.2, 0.25) is 5.91 Å². The van der Waals surface area contributed by atoms with Crippen LogP contribution in [-0.4, -0.2) is 47.6 Å². The van der Waals surface area contributed by atoms with Crippen molar-refractivity contribution in [2.45, 2.75) is 31.8 Å². The molecule has 9 nitrogen and oxygen atoms in total. The van der Waals surface area contributed by atoms with Crippen LogP contribution in [0.2, 0.25) is 0 Å². The number of piperidine rings is 1. The number of rotatable bonds is 3. The van der Waals surface area contributed by atoms with E-state index in [0.29, 0.717) is 42.7 Å². The molecule has 2 bridgehead atoms. The number of hydrogen-bond donors (Lipinski definition) is 0. The molecule has 32 heavy (non-hydrogen) atoms. The van der Waals surface area contributed by atoms with Crippen molar-refractivity contribution in [3.05, 3.63) is 75.3 Å². The second-order valence-corrected chi connectivity index (χ2v) is 8.72. The van der Waals surface area contributed by atoms with Gasteiger partial charge in [-0.15, -0.1) is 0 Å². The summed E-state index contributed by atoms with van der Waals surface area (Å²) in [5.41, 5.74) is 2.27. The molecular weight excluding hydrogens is 408 g/mol. The maximum absolute atomic E-state index is 13.0. The highest BCUT2D eigenvalue weighted by Crippen LogP contribution is 2.35. The largest absolute Gasteiger partial charge is 0.342 e. The van der Waals surface area contributed by atoms with Crippen LogP contribution in [0.5, 0.6) is 0 Å². The van der Waals surface area contributed by atoms with Crippen molar-refractivity contribution in [2.24, 2.45) is 5.92 Å². The Balaban J connectivity index is 1.20. The van der Waals surface area contributed by atoms with E-state index in [1.807, 2.05) is 21.6 Å². The minimum atomic E-state index is -0.177. The summed E-state index contributed by atoms with van der Waals surface area (Å²) in [7, 11) is 0. The summed E-state index contributed by atoms with van der Waals surface area (Å²) in [6, 6.07) is 9.01. The van der Waals surface area contributed by atoms with Gasteiger partial charge in [0.1, 0.15) is 0 Å². The van der Waals surface area contributed by atoms with Gasteiger partial charge in [-0.1, -0.05) is 6.07 Å². The van der Waals surface area contributed by atoms with Gasteiger partial charge in [0.05, 0.1) is 17.1 Å². The molecule has 162 valence electrons. The standard InChI is InChI=1S/C23H22N6O3/c30-21(27-12-15-10-16(14-27)18-2-1-3-22(31)28(18)13-15)6-9-26-8-5-19-17(23(26)32)11-24-20-4-7-25-29(19)20/h1-5,7-8,11,15-16H,6,9-10,12-14H2/t15-,16+/m0/s1. The Morgan fingerprint density at radius 1 is 1.09 bits per heavy atom. The minimum Gasteiger partial charge on any atom is -0.342 e. The van der Waals surface area contributed by atoms with Crippen molar-refractivity contribution in [3.8, 4) is 0 Å². The fraction of sp³-hybridized carbons (Fsp3) is 0.348. The van der Waals surface area contributed by atoms with E-state index < -0.39 is 0 Å². The summed E-state index contributed by atoms with van der Waals surface area (Å²) in [4.78, 5) is 44.3. The van der Waals surface area contributed by atoms with Crippen molar-refractivity contribution in [3.63, 3.8) is 0 Å². The Labute approximate surface area is 182 Å². The van der Waals surface area contributed by atoms with Crippen LogP contribution in [0.1, 0.15) is 24.5 Å². The first kappa shape index (κ1) is 19.0. The zero-order valence-corrected chi connectivity index (χ0v) is 17.4. The lowest BCUT2D eigenvalue weighted by Crippen LogP contribution is -2.49. The van der Waals surface area contributed by atoms with E-state index in [2.05, 4.69) is 10.1 Å². The Kier molecular flexibility index (Phi) is 4.24. The van der Waals surface area contributed by atoms with E-state index in [1.54, 1.807) is 45.9 Å². The Hall–Kier alpha value is -3.75. The highest BCUT2D eigenvalue weighted by atomic mass is 16.2. The first-order valence-corrected chi connectivity index (χ1v) is 10.9. The predicted octanol–water partition coefficient (Wildman–Crippen LogP) is 1.24. The van der Waals surface area contributed by atoms with Crippen molar-refractivity contribution in [2.75, 3.05) is 13.1 Å². The zero-order valence-electron chi connectivity index (χ0n) is 17.4. The molecule has 0 spiro atoms. The number of aromatic nitrogens is 5. The fourth-order valence-electron chi connectivity index (χ4n) is 5.25. The molecule has 2 aliphatic rings. The molecule has 0 aromatic carbocycles. The number of carbonyl (C=O) groups is 1. The van der Waals surface area contributed by atoms with Gasteiger partial charge >= 0.3 is 0 Å². The average Bonchev–Trinajstić information content (AvgIpc) is 3.28. The monoisotopic (exact) mass is 430 g/mol. The van der Waals surface area contributed by atoms with Gasteiger partial charge in [0.25, 0.3) is 11.1 Å². The summed E-state index contributed by atoms with van der Waals surface area (Å²) in [6.07, 6.45) is 6.19. The number of fused-ring (bicyclic) bond motifs is 7. The summed E-state index contributed by atoms with van der Waals surface area (Å²) in [5.74, 6) is 0.515. The molecule has 1 saturated heterocycles. The molecule has 2 atom stereocenters. The van der Waals surface area contributed by atoms with E-state index in [4.69, 9.17) is 0 Å². The summed E-state index contributed by atoms with van der Waals surface area (Å²) < 4.78 is 5.07. The third-order valence-corrected chi connectivity index (χ3v) is 6.76. The number of likely N-dealkylation sites (tertiary alicyclic amines) is 1. The quantitative estimate of drug-likeness (QED) is 0.488. The Bertz CT molecular complexity index is 1480. The smallest absolute Gasteiger partial charge is 0.261 e. The van der Waals surface area contributed by atoms with Crippen LogP contribution in [0.3, 0.4) is 0 Å². The van der Waals surface area contributed by atoms with Crippen LogP contribution in [0, 0.1) is 5.92 Å². The van der Waals surface area contributed by atoms with E-state index in [1.165, 1.54) is 0 Å². The molecule has 0 unspecified atom stereocenters. The van der Waals surface area contributed by atoms with Crippen LogP contribution < -0.4 is 11.1 Å². The molecule has 4 aromatic heterocycles. The van der Waals surface area contributed by atoms with Gasteiger partial charge in [0, 0.05) is 68.7 Å². The summed E-state index contributed by atoms with van der Waals surface area (Å²) in [6.45, 7) is 2.25. The molecule has 0 saturated carbocycles. The van der Waals surface area contributed by atoms with Gasteiger partial charge in [-0.2, -0.15) is 5.10 Å². The lowest BCUT2D eigenvalue weighted by molar-refractivity contribution is -0.134. The topological polar surface area (TPSA) is 94.5 Å². The number of amides is 1. The number of carbonyl (C=O) groups excluding carboxylic acids is 1. The number of hydrogen-bond acceptors (Lipinski definition) is 5. The minimum absolute atomic E-state index is 0.0366. The van der Waals surface area contributed by atoms with E-state index in [-0.39, 0.29) is 35.3 Å². The van der Waals surface area contributed by atoms with E-state index >= 15 is 0 Å². The molecule has 6 heterocycles. The van der Waals surface area contributed by atoms with Gasteiger partial charge in [0.15, 0.2) is 5.65 Å². The van der Waals surface area contributed by atoms with Crippen LogP contribution in [0.15, 0.2) is 58.5 Å². The molecule has 4 aromatic rings. The summed E-state index contributed by atoms with van der Waals surface area (Å²) in [5, 5.41) is 4.70. The highest BCUT2D eigenvalue weighted by molar-refractivity contribution is 5.79. The molecule has 2 aliphatic heterocycles. The maximum Gasteiger partial charge on any atom is 0.261 e. The van der Waals surface area contributed by atoms with Crippen LogP contribution in [0.4, 0.5) is 0 Å². The van der Waals surface area contributed by atoms with Gasteiger partial charge in [-0.3, -0.25) is 14.4 Å². The lowest BCUT2D eigenvalue weighted by Gasteiger charge is -2.42. The second-order valence-electron chi connectivity index (χ2n) is 8.72. The van der Waals surface area contributed by atoms with Gasteiger partial charge in [-0.25, -0.2) is 9.50 Å². The average molecular weight is 430 g/mol. The molecule has 0 N–H and O–H groups in total. The third-order valence-electron chi connectivity index (χ3n) is 6.76. The van der Waals surface area contributed by atoms with E-state index in [0.717, 1.165) is 12.1 Å². The molecule has 1 fully saturated rings. The van der Waals surface area contributed by atoms with Gasteiger partial charge < -0.3 is 14.0 Å². The van der Waals surface area contributed by atoms with Crippen LogP contribution in [0.25, 0.3) is 16.6 Å². The lowest BCUT2D eigenvalue weighted by atomic mass is 9.83. The molecule has 1 amide bonds. The Morgan fingerprint density at radius 3 is 2.91 bits per heavy atom. The number of pyridine rings is 2. The molecule has 6 rings (SSSR count). The Morgan fingerprint density at radius 2 is 2.00 bits per heavy atom. The number of aryl methyl sites for hydroxylation is 1. The predicted molar refractivity (Wildman–Crippen MR) is 118 cm³/mol. The summed E-state index contributed by atoms with van der Waals surface area (Å²) >= 11 is 0. The van der Waals surface area contributed by atoms with Crippen molar-refractivity contribution < 1.29 is 4.79 Å². The first-order valence-electron chi connectivity index (χ1n) is 10.9.